The summed E-state index contributed by atoms with van der Waals surface area (Å²) in [6.07, 6.45) is 5.23. The van der Waals surface area contributed by atoms with E-state index in [2.05, 4.69) is 10.6 Å². The van der Waals surface area contributed by atoms with Crippen molar-refractivity contribution in [3.8, 4) is 0 Å². The van der Waals surface area contributed by atoms with Gasteiger partial charge in [-0.1, -0.05) is 0 Å². The zero-order valence-corrected chi connectivity index (χ0v) is 13.2. The number of benzene rings is 1. The predicted molar refractivity (Wildman–Crippen MR) is 87.4 cm³/mol. The van der Waals surface area contributed by atoms with E-state index >= 15 is 0 Å². The number of piperidine rings is 1. The first-order valence-electron chi connectivity index (χ1n) is 8.24. The van der Waals surface area contributed by atoms with Crippen LogP contribution in [0.5, 0.6) is 0 Å². The van der Waals surface area contributed by atoms with E-state index in [4.69, 9.17) is 4.42 Å². The van der Waals surface area contributed by atoms with Crippen LogP contribution in [-0.4, -0.2) is 22.6 Å². The van der Waals surface area contributed by atoms with Crippen molar-refractivity contribution in [2.24, 2.45) is 13.0 Å². The molecule has 2 bridgehead atoms. The van der Waals surface area contributed by atoms with Gasteiger partial charge in [-0.05, 0) is 43.7 Å². The molecule has 122 valence electrons. The lowest BCUT2D eigenvalue weighted by Crippen LogP contribution is -2.39. The maximum atomic E-state index is 12.3. The Morgan fingerprint density at radius 1 is 1.35 bits per heavy atom. The van der Waals surface area contributed by atoms with Gasteiger partial charge in [-0.2, -0.15) is 0 Å². The molecule has 2 atom stereocenters. The van der Waals surface area contributed by atoms with Gasteiger partial charge in [0.1, 0.15) is 0 Å². The van der Waals surface area contributed by atoms with Crippen molar-refractivity contribution in [3.63, 3.8) is 0 Å². The Labute approximate surface area is 133 Å². The van der Waals surface area contributed by atoms with Crippen LogP contribution in [0, 0.1) is 5.92 Å². The first-order chi connectivity index (χ1) is 11.1. The number of amides is 1. The number of nitrogens with zero attached hydrogens (tertiary/aromatic N) is 1. The topological polar surface area (TPSA) is 76.3 Å². The number of rotatable bonds is 3. The van der Waals surface area contributed by atoms with Gasteiger partial charge in [-0.25, -0.2) is 4.79 Å². The summed E-state index contributed by atoms with van der Waals surface area (Å²) in [5.74, 6) is 0.106. The van der Waals surface area contributed by atoms with E-state index < -0.39 is 5.76 Å². The van der Waals surface area contributed by atoms with Crippen molar-refractivity contribution in [2.75, 3.05) is 5.32 Å². The average Bonchev–Trinajstić information content (AvgIpc) is 2.98. The van der Waals surface area contributed by atoms with E-state index in [1.807, 2.05) is 0 Å². The fourth-order valence-electron chi connectivity index (χ4n) is 4.03. The number of anilines is 1. The molecule has 2 fully saturated rings. The molecule has 2 aliphatic heterocycles. The second-order valence-electron chi connectivity index (χ2n) is 6.84. The number of fused-ring (bicyclic) bond motifs is 3. The Bertz CT molecular complexity index is 795. The van der Waals surface area contributed by atoms with Gasteiger partial charge in [0.25, 0.3) is 0 Å². The minimum Gasteiger partial charge on any atom is -0.408 e. The maximum absolute atomic E-state index is 12.3. The van der Waals surface area contributed by atoms with Crippen LogP contribution in [0.2, 0.25) is 0 Å². The molecule has 4 rings (SSSR count). The second kappa shape index (κ2) is 5.53. The Kier molecular flexibility index (Phi) is 3.49. The van der Waals surface area contributed by atoms with Gasteiger partial charge >= 0.3 is 5.76 Å². The lowest BCUT2D eigenvalue weighted by molar-refractivity contribution is -0.117. The summed E-state index contributed by atoms with van der Waals surface area (Å²) in [5, 5.41) is 6.52. The number of aryl methyl sites for hydroxylation is 1. The van der Waals surface area contributed by atoms with E-state index in [0.29, 0.717) is 35.7 Å². The largest absolute Gasteiger partial charge is 0.419 e. The quantitative estimate of drug-likeness (QED) is 0.908. The zero-order valence-electron chi connectivity index (χ0n) is 13.2. The molecule has 3 heterocycles. The molecule has 2 aliphatic rings. The summed E-state index contributed by atoms with van der Waals surface area (Å²) in [4.78, 5) is 23.8. The third kappa shape index (κ3) is 2.79. The number of hydrogen-bond acceptors (Lipinski definition) is 4. The third-order valence-corrected chi connectivity index (χ3v) is 5.12. The lowest BCUT2D eigenvalue weighted by Gasteiger charge is -2.28. The Hall–Kier alpha value is -2.08. The molecule has 1 amide bonds. The van der Waals surface area contributed by atoms with E-state index in [0.717, 1.165) is 18.4 Å². The van der Waals surface area contributed by atoms with Crippen molar-refractivity contribution in [2.45, 2.75) is 44.2 Å². The van der Waals surface area contributed by atoms with Crippen LogP contribution in [0.15, 0.2) is 27.4 Å². The average molecular weight is 315 g/mol. The van der Waals surface area contributed by atoms with Gasteiger partial charge in [-0.15, -0.1) is 0 Å². The van der Waals surface area contributed by atoms with Crippen LogP contribution in [0.25, 0.3) is 11.1 Å². The van der Waals surface area contributed by atoms with E-state index in [-0.39, 0.29) is 5.91 Å². The standard InChI is InChI=1S/C17H21N3O3/c1-20-14-5-4-13(9-15(14)23-17(20)22)19-16(21)8-10-6-11-2-3-12(7-10)18-11/h4-5,9-12,18H,2-3,6-8H2,1H3,(H,19,21). The van der Waals surface area contributed by atoms with Crippen LogP contribution in [-0.2, 0) is 11.8 Å². The predicted octanol–water partition coefficient (Wildman–Crippen LogP) is 1.99. The summed E-state index contributed by atoms with van der Waals surface area (Å²) in [6.45, 7) is 0. The van der Waals surface area contributed by atoms with Crippen LogP contribution < -0.4 is 16.4 Å². The highest BCUT2D eigenvalue weighted by atomic mass is 16.4. The van der Waals surface area contributed by atoms with Crippen molar-refractivity contribution in [1.29, 1.82) is 0 Å². The molecule has 1 aromatic carbocycles. The minimum atomic E-state index is -0.395. The van der Waals surface area contributed by atoms with Gasteiger partial charge in [0.15, 0.2) is 5.58 Å². The van der Waals surface area contributed by atoms with Gasteiger partial charge in [0, 0.05) is 37.3 Å². The Morgan fingerprint density at radius 2 is 2.09 bits per heavy atom. The van der Waals surface area contributed by atoms with Crippen molar-refractivity contribution >= 4 is 22.7 Å². The third-order valence-electron chi connectivity index (χ3n) is 5.12. The molecule has 6 nitrogen and oxygen atoms in total. The van der Waals surface area contributed by atoms with Crippen molar-refractivity contribution in [3.05, 3.63) is 28.7 Å². The lowest BCUT2D eigenvalue weighted by atomic mass is 9.89. The summed E-state index contributed by atoms with van der Waals surface area (Å²) in [7, 11) is 1.66. The molecule has 0 radical (unpaired) electrons. The Morgan fingerprint density at radius 3 is 2.83 bits per heavy atom. The van der Waals surface area contributed by atoms with E-state index in [1.54, 1.807) is 25.2 Å². The SMILES string of the molecule is Cn1c(=O)oc2cc(NC(=O)CC3CC4CCC(C3)N4)ccc21. The molecule has 6 heteroatoms. The molecule has 2 saturated heterocycles. The summed E-state index contributed by atoms with van der Waals surface area (Å²) in [6, 6.07) is 6.51. The van der Waals surface area contributed by atoms with Crippen LogP contribution in [0.1, 0.15) is 32.1 Å². The fraction of sp³-hybridized carbons (Fsp3) is 0.529. The van der Waals surface area contributed by atoms with Gasteiger partial charge in [0.2, 0.25) is 5.91 Å². The normalized spacial score (nSPS) is 26.6. The number of aromatic nitrogens is 1. The summed E-state index contributed by atoms with van der Waals surface area (Å²) < 4.78 is 6.61. The zero-order chi connectivity index (χ0) is 16.0. The molecular formula is C17H21N3O3. The van der Waals surface area contributed by atoms with E-state index in [9.17, 15) is 9.59 Å². The molecule has 2 aromatic rings. The molecule has 2 unspecified atom stereocenters. The molecule has 0 aliphatic carbocycles. The number of carbonyl (C=O) groups is 1. The first-order valence-corrected chi connectivity index (χ1v) is 8.24. The molecule has 1 aromatic heterocycles. The number of nitrogens with one attached hydrogen (secondary N) is 2. The van der Waals surface area contributed by atoms with Crippen LogP contribution >= 0.6 is 0 Å². The molecule has 2 N–H and O–H groups in total. The number of carbonyl (C=O) groups excluding carboxylic acids is 1. The van der Waals surface area contributed by atoms with Crippen LogP contribution in [0.4, 0.5) is 5.69 Å². The molecular weight excluding hydrogens is 294 g/mol. The monoisotopic (exact) mass is 315 g/mol. The fourth-order valence-corrected chi connectivity index (χ4v) is 4.03. The second-order valence-corrected chi connectivity index (χ2v) is 6.84. The highest BCUT2D eigenvalue weighted by Crippen LogP contribution is 2.32. The van der Waals surface area contributed by atoms with Gasteiger partial charge < -0.3 is 15.1 Å². The molecule has 0 saturated carbocycles. The molecule has 23 heavy (non-hydrogen) atoms. The number of oxazole rings is 1. The van der Waals surface area contributed by atoms with Gasteiger partial charge in [-0.3, -0.25) is 9.36 Å². The summed E-state index contributed by atoms with van der Waals surface area (Å²) in [5.41, 5.74) is 1.90. The summed E-state index contributed by atoms with van der Waals surface area (Å²) >= 11 is 0. The van der Waals surface area contributed by atoms with Gasteiger partial charge in [0.05, 0.1) is 5.52 Å². The van der Waals surface area contributed by atoms with E-state index in [1.165, 1.54) is 17.4 Å². The highest BCUT2D eigenvalue weighted by molar-refractivity contribution is 5.92. The minimum absolute atomic E-state index is 0.0360. The smallest absolute Gasteiger partial charge is 0.408 e. The van der Waals surface area contributed by atoms with Crippen molar-refractivity contribution in [1.82, 2.24) is 9.88 Å². The Balaban J connectivity index is 1.43. The van der Waals surface area contributed by atoms with Crippen LogP contribution in [0.3, 0.4) is 0 Å². The first kappa shape index (κ1) is 14.5. The maximum Gasteiger partial charge on any atom is 0.419 e. The van der Waals surface area contributed by atoms with Crippen molar-refractivity contribution < 1.29 is 9.21 Å². The number of hydrogen-bond donors (Lipinski definition) is 2. The highest BCUT2D eigenvalue weighted by Gasteiger charge is 2.34. The molecule has 0 spiro atoms.